The first-order valence-electron chi connectivity index (χ1n) is 7.92. The normalized spacial score (nSPS) is 10.5. The van der Waals surface area contributed by atoms with Crippen LogP contribution in [0.25, 0.3) is 11.0 Å². The van der Waals surface area contributed by atoms with Gasteiger partial charge in [-0.1, -0.05) is 30.3 Å². The van der Waals surface area contributed by atoms with Crippen LogP contribution in [-0.4, -0.2) is 28.6 Å². The number of hydrogen-bond donors (Lipinski definition) is 3. The Morgan fingerprint density at radius 1 is 1.11 bits per heavy atom. The van der Waals surface area contributed by atoms with Gasteiger partial charge in [-0.15, -0.1) is 0 Å². The molecule has 0 aliphatic heterocycles. The van der Waals surface area contributed by atoms with Gasteiger partial charge in [0.2, 0.25) is 0 Å². The molecule has 27 heavy (non-hydrogen) atoms. The Morgan fingerprint density at radius 2 is 1.85 bits per heavy atom. The Labute approximate surface area is 152 Å². The van der Waals surface area contributed by atoms with E-state index in [1.807, 2.05) is 35.6 Å². The van der Waals surface area contributed by atoms with E-state index in [4.69, 9.17) is 14.3 Å². The Morgan fingerprint density at radius 3 is 2.56 bits per heavy atom. The molecule has 0 unspecified atom stereocenters. The average molecular weight is 369 g/mol. The van der Waals surface area contributed by atoms with Crippen molar-refractivity contribution in [2.45, 2.75) is 6.61 Å². The van der Waals surface area contributed by atoms with Crippen LogP contribution in [0, 0.1) is 0 Å². The molecule has 2 aromatic carbocycles. The summed E-state index contributed by atoms with van der Waals surface area (Å²) in [5.41, 5.74) is -0.741. The number of carboxylic acids is 1. The third-order valence-corrected chi connectivity index (χ3v) is 3.73. The Balaban J connectivity index is 1.87. The number of hydrogen-bond acceptors (Lipinski definition) is 6. The molecule has 8 heteroatoms. The molecule has 0 aliphatic carbocycles. The van der Waals surface area contributed by atoms with Crippen molar-refractivity contribution in [1.82, 2.24) is 5.32 Å². The zero-order chi connectivity index (χ0) is 19.4. The smallest absolute Gasteiger partial charge is 0.353 e. The van der Waals surface area contributed by atoms with Crippen LogP contribution in [0.5, 0.6) is 11.5 Å². The standard InChI is InChI=1S/C19H15NO7/c21-15(22)9-20-18(24)16-17(23)13-7-6-12(8-14(13)27-19(16)25)26-10-11-4-2-1-3-5-11/h1-8,23H,9-10H2,(H,20,24)(H,21,22). The maximum absolute atomic E-state index is 12.1. The lowest BCUT2D eigenvalue weighted by atomic mass is 10.1. The Bertz CT molecular complexity index is 1060. The number of aliphatic carboxylic acids is 1. The van der Waals surface area contributed by atoms with Gasteiger partial charge >= 0.3 is 11.6 Å². The number of carboxylic acid groups (broad SMARTS) is 1. The molecule has 0 atom stereocenters. The summed E-state index contributed by atoms with van der Waals surface area (Å²) in [6.07, 6.45) is 0. The maximum Gasteiger partial charge on any atom is 0.353 e. The van der Waals surface area contributed by atoms with Gasteiger partial charge in [-0.05, 0) is 17.7 Å². The van der Waals surface area contributed by atoms with E-state index in [1.54, 1.807) is 6.07 Å². The summed E-state index contributed by atoms with van der Waals surface area (Å²) in [6.45, 7) is -0.389. The topological polar surface area (TPSA) is 126 Å². The molecule has 3 rings (SSSR count). The minimum Gasteiger partial charge on any atom is -0.506 e. The van der Waals surface area contributed by atoms with E-state index in [0.29, 0.717) is 12.4 Å². The summed E-state index contributed by atoms with van der Waals surface area (Å²) < 4.78 is 10.7. The molecule has 3 aromatic rings. The number of carbonyl (C=O) groups is 2. The molecule has 1 heterocycles. The molecule has 0 saturated heterocycles. The fourth-order valence-corrected chi connectivity index (χ4v) is 2.44. The lowest BCUT2D eigenvalue weighted by Gasteiger charge is -2.09. The fraction of sp³-hybridized carbons (Fsp3) is 0.105. The molecule has 1 amide bonds. The second-order valence-electron chi connectivity index (χ2n) is 5.62. The van der Waals surface area contributed by atoms with E-state index in [1.165, 1.54) is 12.1 Å². The predicted molar refractivity (Wildman–Crippen MR) is 94.9 cm³/mol. The molecular formula is C19H15NO7. The van der Waals surface area contributed by atoms with Crippen LogP contribution in [0.15, 0.2) is 57.7 Å². The number of fused-ring (bicyclic) bond motifs is 1. The first kappa shape index (κ1) is 18.0. The van der Waals surface area contributed by atoms with E-state index in [9.17, 15) is 19.5 Å². The van der Waals surface area contributed by atoms with Crippen LogP contribution < -0.4 is 15.7 Å². The second kappa shape index (κ2) is 7.61. The summed E-state index contributed by atoms with van der Waals surface area (Å²) in [5.74, 6) is -2.49. The molecule has 0 aliphatic rings. The molecule has 138 valence electrons. The SMILES string of the molecule is O=C(O)CNC(=O)c1c(O)c2ccc(OCc3ccccc3)cc2oc1=O. The van der Waals surface area contributed by atoms with Gasteiger partial charge in [0, 0.05) is 6.07 Å². The van der Waals surface area contributed by atoms with Gasteiger partial charge in [0.05, 0.1) is 5.39 Å². The lowest BCUT2D eigenvalue weighted by Crippen LogP contribution is -2.32. The number of ether oxygens (including phenoxy) is 1. The Hall–Kier alpha value is -3.81. The van der Waals surface area contributed by atoms with Crippen molar-refractivity contribution in [2.75, 3.05) is 6.54 Å². The number of amides is 1. The number of carbonyl (C=O) groups excluding carboxylic acids is 1. The van der Waals surface area contributed by atoms with Crippen LogP contribution in [0.1, 0.15) is 15.9 Å². The van der Waals surface area contributed by atoms with Crippen molar-refractivity contribution >= 4 is 22.8 Å². The second-order valence-corrected chi connectivity index (χ2v) is 5.62. The molecule has 1 aromatic heterocycles. The van der Waals surface area contributed by atoms with Crippen LogP contribution in [0.4, 0.5) is 0 Å². The zero-order valence-electron chi connectivity index (χ0n) is 14.0. The lowest BCUT2D eigenvalue weighted by molar-refractivity contribution is -0.135. The summed E-state index contributed by atoms with van der Waals surface area (Å²) in [5, 5.41) is 21.0. The molecule has 0 spiro atoms. The van der Waals surface area contributed by atoms with Crippen molar-refractivity contribution in [3.8, 4) is 11.5 Å². The van der Waals surface area contributed by atoms with Crippen LogP contribution in [-0.2, 0) is 11.4 Å². The molecule has 3 N–H and O–H groups in total. The number of rotatable bonds is 6. The van der Waals surface area contributed by atoms with Gasteiger partial charge in [0.15, 0.2) is 5.56 Å². The minimum atomic E-state index is -1.28. The summed E-state index contributed by atoms with van der Waals surface area (Å²) in [7, 11) is 0. The van der Waals surface area contributed by atoms with Crippen LogP contribution >= 0.6 is 0 Å². The van der Waals surface area contributed by atoms with E-state index in [0.717, 1.165) is 5.56 Å². The van der Waals surface area contributed by atoms with Crippen molar-refractivity contribution in [2.24, 2.45) is 0 Å². The highest BCUT2D eigenvalue weighted by molar-refractivity contribution is 6.02. The van der Waals surface area contributed by atoms with Gasteiger partial charge in [0.25, 0.3) is 5.91 Å². The molecule has 0 radical (unpaired) electrons. The van der Waals surface area contributed by atoms with Crippen molar-refractivity contribution in [3.05, 3.63) is 70.1 Å². The van der Waals surface area contributed by atoms with Gasteiger partial charge < -0.3 is 24.7 Å². The number of aromatic hydroxyl groups is 1. The van der Waals surface area contributed by atoms with Crippen molar-refractivity contribution in [1.29, 1.82) is 0 Å². The molecule has 8 nitrogen and oxygen atoms in total. The largest absolute Gasteiger partial charge is 0.506 e. The predicted octanol–water partition coefficient (Wildman–Crippen LogP) is 1.89. The zero-order valence-corrected chi connectivity index (χ0v) is 14.0. The molecule has 0 saturated carbocycles. The maximum atomic E-state index is 12.1. The van der Waals surface area contributed by atoms with Gasteiger partial charge in [-0.3, -0.25) is 9.59 Å². The van der Waals surface area contributed by atoms with Gasteiger partial charge in [-0.25, -0.2) is 4.79 Å². The van der Waals surface area contributed by atoms with E-state index >= 15 is 0 Å². The molecule has 0 bridgehead atoms. The molecule has 0 fully saturated rings. The average Bonchev–Trinajstić information content (AvgIpc) is 2.65. The van der Waals surface area contributed by atoms with Gasteiger partial charge in [-0.2, -0.15) is 0 Å². The van der Waals surface area contributed by atoms with E-state index < -0.39 is 35.4 Å². The van der Waals surface area contributed by atoms with Crippen molar-refractivity contribution < 1.29 is 29.0 Å². The number of benzene rings is 2. The van der Waals surface area contributed by atoms with E-state index in [2.05, 4.69) is 0 Å². The van der Waals surface area contributed by atoms with Crippen LogP contribution in [0.3, 0.4) is 0 Å². The summed E-state index contributed by atoms with van der Waals surface area (Å²) in [6, 6.07) is 13.9. The quantitative estimate of drug-likeness (QED) is 0.566. The fourth-order valence-electron chi connectivity index (χ4n) is 2.44. The first-order valence-corrected chi connectivity index (χ1v) is 7.92. The Kier molecular flexibility index (Phi) is 5.07. The summed E-state index contributed by atoms with van der Waals surface area (Å²) in [4.78, 5) is 34.5. The highest BCUT2D eigenvalue weighted by atomic mass is 16.5. The van der Waals surface area contributed by atoms with Crippen LogP contribution in [0.2, 0.25) is 0 Å². The summed E-state index contributed by atoms with van der Waals surface area (Å²) >= 11 is 0. The minimum absolute atomic E-state index is 0.0397. The molecular weight excluding hydrogens is 354 g/mol. The third kappa shape index (κ3) is 4.06. The highest BCUT2D eigenvalue weighted by Crippen LogP contribution is 2.29. The van der Waals surface area contributed by atoms with Crippen molar-refractivity contribution in [3.63, 3.8) is 0 Å². The van der Waals surface area contributed by atoms with E-state index in [-0.39, 0.29) is 11.0 Å². The highest BCUT2D eigenvalue weighted by Gasteiger charge is 2.21. The third-order valence-electron chi connectivity index (χ3n) is 3.73. The number of nitrogens with one attached hydrogen (secondary N) is 1. The first-order chi connectivity index (χ1) is 13.0. The monoisotopic (exact) mass is 369 g/mol. The van der Waals surface area contributed by atoms with Gasteiger partial charge in [0.1, 0.15) is 30.2 Å².